The van der Waals surface area contributed by atoms with Crippen molar-refractivity contribution in [2.24, 2.45) is 5.92 Å². The SMILES string of the molecule is COC1C=CC=C(F)C1Cc1ccccc1OCc1ccccc1. The third-order valence-electron chi connectivity index (χ3n) is 4.23. The summed E-state index contributed by atoms with van der Waals surface area (Å²) >= 11 is 0. The number of halogens is 1. The molecule has 3 rings (SSSR count). The molecule has 0 saturated carbocycles. The van der Waals surface area contributed by atoms with E-state index in [0.717, 1.165) is 16.9 Å². The molecule has 0 radical (unpaired) electrons. The molecule has 0 N–H and O–H groups in total. The van der Waals surface area contributed by atoms with Crippen LogP contribution >= 0.6 is 0 Å². The Hall–Kier alpha value is -2.39. The van der Waals surface area contributed by atoms with Crippen molar-refractivity contribution in [3.8, 4) is 5.75 Å². The van der Waals surface area contributed by atoms with Crippen molar-refractivity contribution < 1.29 is 13.9 Å². The molecular weight excluding hydrogens is 303 g/mol. The fourth-order valence-electron chi connectivity index (χ4n) is 2.91. The highest BCUT2D eigenvalue weighted by Crippen LogP contribution is 2.31. The Morgan fingerprint density at radius 3 is 2.54 bits per heavy atom. The van der Waals surface area contributed by atoms with Crippen molar-refractivity contribution in [3.63, 3.8) is 0 Å². The average Bonchev–Trinajstić information content (AvgIpc) is 2.63. The van der Waals surface area contributed by atoms with Crippen LogP contribution in [0.2, 0.25) is 0 Å². The van der Waals surface area contributed by atoms with Gasteiger partial charge in [-0.3, -0.25) is 0 Å². The summed E-state index contributed by atoms with van der Waals surface area (Å²) in [5.41, 5.74) is 2.09. The molecule has 0 aromatic heterocycles. The molecule has 0 heterocycles. The molecule has 0 aliphatic heterocycles. The van der Waals surface area contributed by atoms with Crippen LogP contribution in [0.4, 0.5) is 4.39 Å². The van der Waals surface area contributed by atoms with Crippen LogP contribution < -0.4 is 4.74 Å². The van der Waals surface area contributed by atoms with Gasteiger partial charge in [-0.25, -0.2) is 4.39 Å². The summed E-state index contributed by atoms with van der Waals surface area (Å²) in [7, 11) is 1.61. The molecule has 0 fully saturated rings. The predicted molar refractivity (Wildman–Crippen MR) is 93.5 cm³/mol. The van der Waals surface area contributed by atoms with E-state index >= 15 is 0 Å². The molecular formula is C21H21FO2. The molecule has 1 aliphatic carbocycles. The number of para-hydroxylation sites is 1. The molecule has 0 bridgehead atoms. The number of hydrogen-bond donors (Lipinski definition) is 0. The minimum absolute atomic E-state index is 0.151. The van der Waals surface area contributed by atoms with Crippen LogP contribution in [-0.2, 0) is 17.8 Å². The monoisotopic (exact) mass is 324 g/mol. The number of benzene rings is 2. The lowest BCUT2D eigenvalue weighted by molar-refractivity contribution is 0.0919. The van der Waals surface area contributed by atoms with Crippen LogP contribution in [0.25, 0.3) is 0 Å². The molecule has 0 spiro atoms. The fraction of sp³-hybridized carbons (Fsp3) is 0.238. The first-order valence-corrected chi connectivity index (χ1v) is 8.09. The van der Waals surface area contributed by atoms with E-state index in [0.29, 0.717) is 13.0 Å². The zero-order chi connectivity index (χ0) is 16.8. The zero-order valence-electron chi connectivity index (χ0n) is 13.7. The zero-order valence-corrected chi connectivity index (χ0v) is 13.7. The van der Waals surface area contributed by atoms with Gasteiger partial charge >= 0.3 is 0 Å². The van der Waals surface area contributed by atoms with Crippen molar-refractivity contribution >= 4 is 0 Å². The Balaban J connectivity index is 1.74. The van der Waals surface area contributed by atoms with Gasteiger partial charge in [0.25, 0.3) is 0 Å². The molecule has 124 valence electrons. The second-order valence-corrected chi connectivity index (χ2v) is 5.83. The van der Waals surface area contributed by atoms with Gasteiger partial charge in [0.1, 0.15) is 18.2 Å². The molecule has 2 aromatic carbocycles. The van der Waals surface area contributed by atoms with E-state index in [2.05, 4.69) is 0 Å². The second kappa shape index (κ2) is 7.93. The summed E-state index contributed by atoms with van der Waals surface area (Å²) in [6, 6.07) is 17.8. The molecule has 2 aromatic rings. The minimum Gasteiger partial charge on any atom is -0.489 e. The van der Waals surface area contributed by atoms with Crippen molar-refractivity contribution in [1.82, 2.24) is 0 Å². The van der Waals surface area contributed by atoms with E-state index in [9.17, 15) is 4.39 Å². The molecule has 3 heteroatoms. The Morgan fingerprint density at radius 2 is 1.75 bits per heavy atom. The van der Waals surface area contributed by atoms with Gasteiger partial charge in [0, 0.05) is 13.0 Å². The highest BCUT2D eigenvalue weighted by molar-refractivity contribution is 5.36. The summed E-state index contributed by atoms with van der Waals surface area (Å²) in [5, 5.41) is 0. The van der Waals surface area contributed by atoms with Gasteiger partial charge in [0.15, 0.2) is 0 Å². The average molecular weight is 324 g/mol. The Bertz CT molecular complexity index is 722. The lowest BCUT2D eigenvalue weighted by Crippen LogP contribution is -2.25. The van der Waals surface area contributed by atoms with E-state index < -0.39 is 0 Å². The summed E-state index contributed by atoms with van der Waals surface area (Å²) in [4.78, 5) is 0. The summed E-state index contributed by atoms with van der Waals surface area (Å²) < 4.78 is 25.6. The maximum absolute atomic E-state index is 14.2. The first kappa shape index (κ1) is 16.5. The predicted octanol–water partition coefficient (Wildman–Crippen LogP) is 4.86. The van der Waals surface area contributed by atoms with Crippen molar-refractivity contribution in [2.75, 3.05) is 7.11 Å². The molecule has 2 atom stereocenters. The Kier molecular flexibility index (Phi) is 5.44. The van der Waals surface area contributed by atoms with Crippen LogP contribution in [0.3, 0.4) is 0 Å². The topological polar surface area (TPSA) is 18.5 Å². The largest absolute Gasteiger partial charge is 0.489 e. The van der Waals surface area contributed by atoms with E-state index in [-0.39, 0.29) is 17.8 Å². The number of allylic oxidation sites excluding steroid dienone is 2. The minimum atomic E-state index is -0.318. The van der Waals surface area contributed by atoms with E-state index in [4.69, 9.17) is 9.47 Å². The van der Waals surface area contributed by atoms with E-state index in [1.165, 1.54) is 6.08 Å². The first-order chi connectivity index (χ1) is 11.8. The third kappa shape index (κ3) is 3.92. The molecule has 0 amide bonds. The van der Waals surface area contributed by atoms with Crippen molar-refractivity contribution in [3.05, 3.63) is 89.8 Å². The quantitative estimate of drug-likeness (QED) is 0.755. The van der Waals surface area contributed by atoms with Crippen LogP contribution in [0.15, 0.2) is 78.7 Å². The Morgan fingerprint density at radius 1 is 1.00 bits per heavy atom. The maximum Gasteiger partial charge on any atom is 0.123 e. The van der Waals surface area contributed by atoms with Gasteiger partial charge in [-0.2, -0.15) is 0 Å². The Labute approximate surface area is 142 Å². The van der Waals surface area contributed by atoms with E-state index in [1.54, 1.807) is 13.2 Å². The summed E-state index contributed by atoms with van der Waals surface area (Å²) in [6.07, 6.45) is 5.39. The number of ether oxygens (including phenoxy) is 2. The van der Waals surface area contributed by atoms with Gasteiger partial charge in [0.05, 0.1) is 6.10 Å². The molecule has 0 saturated heterocycles. The maximum atomic E-state index is 14.2. The van der Waals surface area contributed by atoms with Crippen LogP contribution in [-0.4, -0.2) is 13.2 Å². The number of methoxy groups -OCH3 is 1. The highest BCUT2D eigenvalue weighted by Gasteiger charge is 2.27. The molecule has 1 aliphatic rings. The van der Waals surface area contributed by atoms with Gasteiger partial charge in [-0.15, -0.1) is 0 Å². The van der Waals surface area contributed by atoms with Crippen LogP contribution in [0.5, 0.6) is 5.75 Å². The van der Waals surface area contributed by atoms with Gasteiger partial charge in [0.2, 0.25) is 0 Å². The molecule has 24 heavy (non-hydrogen) atoms. The van der Waals surface area contributed by atoms with Crippen LogP contribution in [0.1, 0.15) is 11.1 Å². The van der Waals surface area contributed by atoms with Crippen LogP contribution in [0, 0.1) is 5.92 Å². The van der Waals surface area contributed by atoms with Crippen molar-refractivity contribution in [1.29, 1.82) is 0 Å². The van der Waals surface area contributed by atoms with Gasteiger partial charge in [-0.05, 0) is 29.7 Å². The lowest BCUT2D eigenvalue weighted by Gasteiger charge is -2.25. The number of hydrogen-bond acceptors (Lipinski definition) is 2. The van der Waals surface area contributed by atoms with Gasteiger partial charge < -0.3 is 9.47 Å². The summed E-state index contributed by atoms with van der Waals surface area (Å²) in [5.74, 6) is 0.322. The smallest absolute Gasteiger partial charge is 0.123 e. The highest BCUT2D eigenvalue weighted by atomic mass is 19.1. The number of rotatable bonds is 6. The lowest BCUT2D eigenvalue weighted by atomic mass is 9.89. The normalized spacial score (nSPS) is 19.8. The van der Waals surface area contributed by atoms with Gasteiger partial charge in [-0.1, -0.05) is 60.7 Å². The molecule has 2 unspecified atom stereocenters. The third-order valence-corrected chi connectivity index (χ3v) is 4.23. The van der Waals surface area contributed by atoms with E-state index in [1.807, 2.05) is 60.7 Å². The molecule has 2 nitrogen and oxygen atoms in total. The first-order valence-electron chi connectivity index (χ1n) is 8.09. The second-order valence-electron chi connectivity index (χ2n) is 5.83. The fourth-order valence-corrected chi connectivity index (χ4v) is 2.91. The standard InChI is InChI=1S/C21H21FO2/c1-23-21-13-7-11-19(22)18(21)14-17-10-5-6-12-20(17)24-15-16-8-3-2-4-9-16/h2-13,18,21H,14-15H2,1H3. The summed E-state index contributed by atoms with van der Waals surface area (Å²) in [6.45, 7) is 0.494. The van der Waals surface area contributed by atoms with Crippen molar-refractivity contribution in [2.45, 2.75) is 19.1 Å².